The second kappa shape index (κ2) is 7.51. The average Bonchev–Trinajstić information content (AvgIpc) is 3.03. The Balaban J connectivity index is 1.50. The van der Waals surface area contributed by atoms with Crippen molar-refractivity contribution < 1.29 is 4.79 Å². The van der Waals surface area contributed by atoms with Crippen LogP contribution in [0.2, 0.25) is 0 Å². The molecule has 0 bridgehead atoms. The molecule has 1 aromatic heterocycles. The lowest BCUT2D eigenvalue weighted by Crippen LogP contribution is -2.26. The quantitative estimate of drug-likeness (QED) is 0.891. The van der Waals surface area contributed by atoms with E-state index in [9.17, 15) is 4.79 Å². The van der Waals surface area contributed by atoms with E-state index in [-0.39, 0.29) is 5.91 Å². The van der Waals surface area contributed by atoms with E-state index >= 15 is 0 Å². The van der Waals surface area contributed by atoms with Crippen molar-refractivity contribution in [1.82, 2.24) is 10.3 Å². The number of nitrogens with one attached hydrogen (secondary N) is 2. The fourth-order valence-electron chi connectivity index (χ4n) is 2.72. The first-order valence-electron chi connectivity index (χ1n) is 7.81. The number of carbonyl (C=O) groups excluding carboxylic acids is 1. The van der Waals surface area contributed by atoms with Gasteiger partial charge >= 0.3 is 0 Å². The van der Waals surface area contributed by atoms with Crippen LogP contribution in [0, 0.1) is 0 Å². The molecule has 3 rings (SSSR count). The van der Waals surface area contributed by atoms with Crippen LogP contribution in [0.15, 0.2) is 36.5 Å². The predicted octanol–water partition coefficient (Wildman–Crippen LogP) is 3.18. The Morgan fingerprint density at radius 1 is 1.27 bits per heavy atom. The van der Waals surface area contributed by atoms with Crippen LogP contribution in [-0.4, -0.2) is 24.0 Å². The molecule has 1 amide bonds. The number of thiazole rings is 1. The number of hydrogen-bond donors (Lipinski definition) is 2. The molecule has 4 nitrogen and oxygen atoms in total. The third-order valence-electron chi connectivity index (χ3n) is 4.00. The van der Waals surface area contributed by atoms with Crippen molar-refractivity contribution in [1.29, 1.82) is 0 Å². The molecule has 1 aromatic carbocycles. The van der Waals surface area contributed by atoms with Gasteiger partial charge in [0.2, 0.25) is 5.91 Å². The minimum atomic E-state index is 0.0371. The normalized spacial score (nSPS) is 15.6. The summed E-state index contributed by atoms with van der Waals surface area (Å²) in [6.07, 6.45) is 5.49. The van der Waals surface area contributed by atoms with E-state index < -0.39 is 0 Å². The first kappa shape index (κ1) is 15.2. The molecule has 1 aliphatic heterocycles. The van der Waals surface area contributed by atoms with Gasteiger partial charge in [0.1, 0.15) is 0 Å². The zero-order valence-corrected chi connectivity index (χ0v) is 13.4. The molecule has 1 saturated heterocycles. The average molecular weight is 315 g/mol. The summed E-state index contributed by atoms with van der Waals surface area (Å²) in [4.78, 5) is 17.7. The van der Waals surface area contributed by atoms with Crippen LogP contribution in [0.1, 0.15) is 35.6 Å². The molecule has 0 atom stereocenters. The molecule has 2 aromatic rings. The molecule has 22 heavy (non-hydrogen) atoms. The zero-order valence-electron chi connectivity index (χ0n) is 12.5. The lowest BCUT2D eigenvalue weighted by atomic mass is 9.97. The monoisotopic (exact) mass is 315 g/mol. The minimum absolute atomic E-state index is 0.0371. The molecule has 0 spiro atoms. The topological polar surface area (TPSA) is 54.0 Å². The maximum atomic E-state index is 12.0. The van der Waals surface area contributed by atoms with E-state index in [2.05, 4.69) is 15.6 Å². The molecule has 1 aliphatic rings. The summed E-state index contributed by atoms with van der Waals surface area (Å²) < 4.78 is 0. The van der Waals surface area contributed by atoms with E-state index in [0.717, 1.165) is 37.5 Å². The standard InChI is InChI=1S/C17H21N3OS/c21-16(7-6-13-4-2-1-3-5-13)20-17-19-12-15(22-17)14-8-10-18-11-9-14/h1-5,12,14,18H,6-11H2,(H,19,20,21). The predicted molar refractivity (Wildman–Crippen MR) is 90.4 cm³/mol. The minimum Gasteiger partial charge on any atom is -0.317 e. The number of rotatable bonds is 5. The highest BCUT2D eigenvalue weighted by Gasteiger charge is 2.18. The largest absolute Gasteiger partial charge is 0.317 e. The molecular formula is C17H21N3OS. The van der Waals surface area contributed by atoms with E-state index in [1.54, 1.807) is 11.3 Å². The van der Waals surface area contributed by atoms with E-state index in [1.807, 2.05) is 36.5 Å². The summed E-state index contributed by atoms with van der Waals surface area (Å²) in [6.45, 7) is 2.14. The van der Waals surface area contributed by atoms with Gasteiger partial charge in [0.05, 0.1) is 0 Å². The molecular weight excluding hydrogens is 294 g/mol. The summed E-state index contributed by atoms with van der Waals surface area (Å²) in [7, 11) is 0. The van der Waals surface area contributed by atoms with Gasteiger partial charge in [-0.25, -0.2) is 4.98 Å². The Hall–Kier alpha value is -1.72. The van der Waals surface area contributed by atoms with Crippen molar-refractivity contribution in [2.75, 3.05) is 18.4 Å². The molecule has 0 aliphatic carbocycles. The summed E-state index contributed by atoms with van der Waals surface area (Å²) in [5.41, 5.74) is 1.19. The highest BCUT2D eigenvalue weighted by molar-refractivity contribution is 7.15. The molecule has 116 valence electrons. The van der Waals surface area contributed by atoms with E-state index in [0.29, 0.717) is 12.3 Å². The first-order valence-corrected chi connectivity index (χ1v) is 8.63. The number of amides is 1. The summed E-state index contributed by atoms with van der Waals surface area (Å²) in [5.74, 6) is 0.629. The maximum Gasteiger partial charge on any atom is 0.226 e. The second-order valence-corrected chi connectivity index (χ2v) is 6.69. The highest BCUT2D eigenvalue weighted by atomic mass is 32.1. The number of nitrogens with zero attached hydrogens (tertiary/aromatic N) is 1. The molecule has 1 fully saturated rings. The van der Waals surface area contributed by atoms with Gasteiger partial charge in [-0.2, -0.15) is 0 Å². The van der Waals surface area contributed by atoms with Crippen LogP contribution >= 0.6 is 11.3 Å². The van der Waals surface area contributed by atoms with Crippen LogP contribution in [0.4, 0.5) is 5.13 Å². The van der Waals surface area contributed by atoms with Gasteiger partial charge in [-0.05, 0) is 43.8 Å². The van der Waals surface area contributed by atoms with Gasteiger partial charge < -0.3 is 10.6 Å². The van der Waals surface area contributed by atoms with Crippen molar-refractivity contribution in [3.05, 3.63) is 47.0 Å². The third-order valence-corrected chi connectivity index (χ3v) is 5.07. The van der Waals surface area contributed by atoms with Crippen LogP contribution in [0.25, 0.3) is 0 Å². The van der Waals surface area contributed by atoms with Crippen LogP contribution in [0.3, 0.4) is 0 Å². The zero-order chi connectivity index (χ0) is 15.2. The maximum absolute atomic E-state index is 12.0. The SMILES string of the molecule is O=C(CCc1ccccc1)Nc1ncc(C2CCNCC2)s1. The third kappa shape index (κ3) is 4.15. The lowest BCUT2D eigenvalue weighted by molar-refractivity contribution is -0.116. The molecule has 2 heterocycles. The van der Waals surface area contributed by atoms with Crippen molar-refractivity contribution >= 4 is 22.4 Å². The van der Waals surface area contributed by atoms with Crippen LogP contribution < -0.4 is 10.6 Å². The summed E-state index contributed by atoms with van der Waals surface area (Å²) in [5, 5.41) is 7.02. The van der Waals surface area contributed by atoms with E-state index in [4.69, 9.17) is 0 Å². The van der Waals surface area contributed by atoms with Gasteiger partial charge in [0.25, 0.3) is 0 Å². The summed E-state index contributed by atoms with van der Waals surface area (Å²) >= 11 is 1.62. The Labute approximate surface area is 135 Å². The number of hydrogen-bond acceptors (Lipinski definition) is 4. The van der Waals surface area contributed by atoms with Crippen molar-refractivity contribution in [2.45, 2.75) is 31.6 Å². The van der Waals surface area contributed by atoms with Gasteiger partial charge in [-0.3, -0.25) is 4.79 Å². The number of carbonyl (C=O) groups is 1. The molecule has 5 heteroatoms. The molecule has 0 unspecified atom stereocenters. The molecule has 0 saturated carbocycles. The number of aromatic nitrogens is 1. The van der Waals surface area contributed by atoms with Crippen LogP contribution in [0.5, 0.6) is 0 Å². The first-order chi connectivity index (χ1) is 10.8. The van der Waals surface area contributed by atoms with Crippen molar-refractivity contribution in [3.8, 4) is 0 Å². The Morgan fingerprint density at radius 3 is 2.82 bits per heavy atom. The number of aryl methyl sites for hydroxylation is 1. The van der Waals surface area contributed by atoms with Crippen molar-refractivity contribution in [3.63, 3.8) is 0 Å². The smallest absolute Gasteiger partial charge is 0.226 e. The van der Waals surface area contributed by atoms with Gasteiger partial charge in [-0.15, -0.1) is 11.3 Å². The molecule has 2 N–H and O–H groups in total. The number of anilines is 1. The van der Waals surface area contributed by atoms with Crippen LogP contribution in [-0.2, 0) is 11.2 Å². The lowest BCUT2D eigenvalue weighted by Gasteiger charge is -2.20. The Bertz CT molecular complexity index is 605. The fourth-order valence-corrected chi connectivity index (χ4v) is 3.73. The number of benzene rings is 1. The molecule has 0 radical (unpaired) electrons. The second-order valence-electron chi connectivity index (χ2n) is 5.63. The summed E-state index contributed by atoms with van der Waals surface area (Å²) in [6, 6.07) is 10.1. The highest BCUT2D eigenvalue weighted by Crippen LogP contribution is 2.31. The van der Waals surface area contributed by atoms with E-state index in [1.165, 1.54) is 10.4 Å². The number of piperidine rings is 1. The van der Waals surface area contributed by atoms with Gasteiger partial charge in [-0.1, -0.05) is 30.3 Å². The Morgan fingerprint density at radius 2 is 2.05 bits per heavy atom. The van der Waals surface area contributed by atoms with Gasteiger partial charge in [0.15, 0.2) is 5.13 Å². The fraction of sp³-hybridized carbons (Fsp3) is 0.412. The van der Waals surface area contributed by atoms with Crippen molar-refractivity contribution in [2.24, 2.45) is 0 Å². The Kier molecular flexibility index (Phi) is 5.19. The van der Waals surface area contributed by atoms with Gasteiger partial charge in [0, 0.05) is 17.5 Å².